The van der Waals surface area contributed by atoms with E-state index in [1.807, 2.05) is 6.07 Å². The lowest BCUT2D eigenvalue weighted by molar-refractivity contribution is -0.140. The standard InChI is InChI=1S/C21H25N3O/c1-14-10-20(22-19-5-3-2-4-18(14)19)23-12-16-8-9-17(13-23)24(21(16)25)11-15-6-7-15/h2-5,10,15-17H,6-9,11-13H2,1H3/t16-,17+/m1/s1. The van der Waals surface area contributed by atoms with Crippen molar-refractivity contribution in [1.29, 1.82) is 0 Å². The van der Waals surface area contributed by atoms with Crippen molar-refractivity contribution < 1.29 is 4.79 Å². The Morgan fingerprint density at radius 3 is 2.80 bits per heavy atom. The zero-order valence-electron chi connectivity index (χ0n) is 14.8. The molecule has 0 unspecified atom stereocenters. The molecule has 3 aliphatic heterocycles. The highest BCUT2D eigenvalue weighted by molar-refractivity contribution is 5.84. The van der Waals surface area contributed by atoms with Gasteiger partial charge in [0.1, 0.15) is 5.82 Å². The summed E-state index contributed by atoms with van der Waals surface area (Å²) in [4.78, 5) is 22.4. The highest BCUT2D eigenvalue weighted by atomic mass is 16.2. The highest BCUT2D eigenvalue weighted by Crippen LogP contribution is 2.36. The van der Waals surface area contributed by atoms with E-state index < -0.39 is 0 Å². The first kappa shape index (κ1) is 15.2. The Bertz CT molecular complexity index is 829. The predicted octanol–water partition coefficient (Wildman–Crippen LogP) is 3.38. The molecule has 0 N–H and O–H groups in total. The van der Waals surface area contributed by atoms with Crippen molar-refractivity contribution >= 4 is 22.6 Å². The maximum Gasteiger partial charge on any atom is 0.227 e. The van der Waals surface area contributed by atoms with Gasteiger partial charge in [-0.2, -0.15) is 0 Å². The number of nitrogens with zero attached hydrogens (tertiary/aromatic N) is 3. The molecule has 4 heterocycles. The number of carbonyl (C=O) groups is 1. The predicted molar refractivity (Wildman–Crippen MR) is 99.6 cm³/mol. The van der Waals surface area contributed by atoms with Crippen LogP contribution in [0.5, 0.6) is 0 Å². The smallest absolute Gasteiger partial charge is 0.227 e. The summed E-state index contributed by atoms with van der Waals surface area (Å²) in [5.41, 5.74) is 2.31. The first-order chi connectivity index (χ1) is 12.2. The second-order valence-corrected chi connectivity index (χ2v) is 8.08. The maximum atomic E-state index is 12.9. The summed E-state index contributed by atoms with van der Waals surface area (Å²) in [5.74, 6) is 2.33. The summed E-state index contributed by atoms with van der Waals surface area (Å²) >= 11 is 0. The number of piperidine rings is 1. The van der Waals surface area contributed by atoms with E-state index in [1.54, 1.807) is 0 Å². The molecule has 1 saturated carbocycles. The number of aryl methyl sites for hydroxylation is 1. The molecule has 2 aromatic rings. The maximum absolute atomic E-state index is 12.9. The summed E-state index contributed by atoms with van der Waals surface area (Å²) in [6.45, 7) is 4.89. The lowest BCUT2D eigenvalue weighted by Crippen LogP contribution is -2.48. The Kier molecular flexibility index (Phi) is 3.47. The van der Waals surface area contributed by atoms with Crippen molar-refractivity contribution in [3.05, 3.63) is 35.9 Å². The third kappa shape index (κ3) is 2.68. The molecule has 4 aliphatic rings. The molecule has 4 fully saturated rings. The second kappa shape index (κ2) is 5.72. The van der Waals surface area contributed by atoms with Crippen LogP contribution in [0.1, 0.15) is 31.2 Å². The van der Waals surface area contributed by atoms with Crippen molar-refractivity contribution in [2.45, 2.75) is 38.6 Å². The topological polar surface area (TPSA) is 36.4 Å². The molecule has 0 radical (unpaired) electrons. The van der Waals surface area contributed by atoms with Crippen LogP contribution in [0.3, 0.4) is 0 Å². The molecule has 25 heavy (non-hydrogen) atoms. The van der Waals surface area contributed by atoms with Crippen LogP contribution in [0.15, 0.2) is 30.3 Å². The molecule has 1 amide bonds. The van der Waals surface area contributed by atoms with Gasteiger partial charge in [0.2, 0.25) is 5.91 Å². The summed E-state index contributed by atoms with van der Waals surface area (Å²) in [6.07, 6.45) is 4.78. The lowest BCUT2D eigenvalue weighted by Gasteiger charge is -2.36. The van der Waals surface area contributed by atoms with Gasteiger partial charge in [-0.3, -0.25) is 4.79 Å². The summed E-state index contributed by atoms with van der Waals surface area (Å²) in [6, 6.07) is 10.9. The molecule has 4 nitrogen and oxygen atoms in total. The fourth-order valence-corrected chi connectivity index (χ4v) is 4.54. The molecule has 1 aliphatic carbocycles. The van der Waals surface area contributed by atoms with E-state index in [4.69, 9.17) is 4.98 Å². The number of fused-ring (bicyclic) bond motifs is 5. The quantitative estimate of drug-likeness (QED) is 0.863. The first-order valence-electron chi connectivity index (χ1n) is 9.61. The molecule has 6 rings (SSSR count). The summed E-state index contributed by atoms with van der Waals surface area (Å²) in [7, 11) is 0. The summed E-state index contributed by atoms with van der Waals surface area (Å²) < 4.78 is 0. The number of carbonyl (C=O) groups excluding carboxylic acids is 1. The van der Waals surface area contributed by atoms with Gasteiger partial charge in [0.25, 0.3) is 0 Å². The van der Waals surface area contributed by atoms with Crippen LogP contribution in [0, 0.1) is 18.8 Å². The Balaban J connectivity index is 1.48. The third-order valence-corrected chi connectivity index (χ3v) is 6.18. The van der Waals surface area contributed by atoms with E-state index >= 15 is 0 Å². The first-order valence-corrected chi connectivity index (χ1v) is 9.61. The monoisotopic (exact) mass is 335 g/mol. The van der Waals surface area contributed by atoms with Crippen molar-refractivity contribution in [3.8, 4) is 0 Å². The highest BCUT2D eigenvalue weighted by Gasteiger charge is 2.42. The molecule has 2 bridgehead atoms. The van der Waals surface area contributed by atoms with E-state index in [-0.39, 0.29) is 5.92 Å². The van der Waals surface area contributed by atoms with Crippen LogP contribution in [0.4, 0.5) is 5.82 Å². The number of rotatable bonds is 3. The molecule has 3 saturated heterocycles. The molecule has 4 heteroatoms. The zero-order valence-corrected chi connectivity index (χ0v) is 14.8. The minimum atomic E-state index is 0.145. The molecule has 0 spiro atoms. The Labute approximate surface area is 148 Å². The number of aromatic nitrogens is 1. The van der Waals surface area contributed by atoms with Gasteiger partial charge >= 0.3 is 0 Å². The van der Waals surface area contributed by atoms with E-state index in [1.165, 1.54) is 23.8 Å². The van der Waals surface area contributed by atoms with Crippen LogP contribution in [0.25, 0.3) is 10.9 Å². The van der Waals surface area contributed by atoms with E-state index in [9.17, 15) is 4.79 Å². The second-order valence-electron chi connectivity index (χ2n) is 8.08. The fourth-order valence-electron chi connectivity index (χ4n) is 4.54. The van der Waals surface area contributed by atoms with Crippen molar-refractivity contribution in [3.63, 3.8) is 0 Å². The van der Waals surface area contributed by atoms with Crippen LogP contribution in [-0.2, 0) is 4.79 Å². The summed E-state index contributed by atoms with van der Waals surface area (Å²) in [5, 5.41) is 1.22. The average Bonchev–Trinajstić information content (AvgIpc) is 3.45. The number of hydrogen-bond acceptors (Lipinski definition) is 3. The molecule has 1 aromatic carbocycles. The minimum absolute atomic E-state index is 0.145. The van der Waals surface area contributed by atoms with E-state index in [2.05, 4.69) is 41.0 Å². The average molecular weight is 335 g/mol. The minimum Gasteiger partial charge on any atom is -0.354 e. The number of para-hydroxylation sites is 1. The molecular formula is C21H25N3O. The zero-order chi connectivity index (χ0) is 17.0. The Morgan fingerprint density at radius 1 is 1.12 bits per heavy atom. The lowest BCUT2D eigenvalue weighted by atomic mass is 9.94. The Morgan fingerprint density at radius 2 is 1.96 bits per heavy atom. The van der Waals surface area contributed by atoms with Gasteiger partial charge in [0, 0.05) is 31.1 Å². The SMILES string of the molecule is Cc1cc(N2C[C@H]3CC[C@@H](C2)N(CC2CC2)C3=O)nc2ccccc12. The molecule has 130 valence electrons. The van der Waals surface area contributed by atoms with Crippen LogP contribution >= 0.6 is 0 Å². The van der Waals surface area contributed by atoms with Gasteiger partial charge in [-0.05, 0) is 56.2 Å². The van der Waals surface area contributed by atoms with Crippen molar-refractivity contribution in [2.24, 2.45) is 11.8 Å². The number of benzene rings is 1. The van der Waals surface area contributed by atoms with Crippen molar-refractivity contribution in [1.82, 2.24) is 9.88 Å². The van der Waals surface area contributed by atoms with Gasteiger partial charge < -0.3 is 9.80 Å². The van der Waals surface area contributed by atoms with Crippen LogP contribution in [-0.4, -0.2) is 41.5 Å². The van der Waals surface area contributed by atoms with Crippen molar-refractivity contribution in [2.75, 3.05) is 24.5 Å². The number of hydrogen-bond donors (Lipinski definition) is 0. The van der Waals surface area contributed by atoms with Gasteiger partial charge in [0.05, 0.1) is 11.4 Å². The number of pyridine rings is 1. The van der Waals surface area contributed by atoms with Gasteiger partial charge in [-0.15, -0.1) is 0 Å². The van der Waals surface area contributed by atoms with E-state index in [0.717, 1.165) is 49.7 Å². The molecular weight excluding hydrogens is 310 g/mol. The Hall–Kier alpha value is -2.10. The fraction of sp³-hybridized carbons (Fsp3) is 0.524. The van der Waals surface area contributed by atoms with Gasteiger partial charge in [-0.1, -0.05) is 18.2 Å². The van der Waals surface area contributed by atoms with E-state index in [0.29, 0.717) is 11.9 Å². The van der Waals surface area contributed by atoms with Crippen LogP contribution in [0.2, 0.25) is 0 Å². The molecule has 2 atom stereocenters. The normalized spacial score (nSPS) is 26.4. The molecule has 1 aromatic heterocycles. The largest absolute Gasteiger partial charge is 0.354 e. The number of anilines is 1. The van der Waals surface area contributed by atoms with Crippen LogP contribution < -0.4 is 4.90 Å². The van der Waals surface area contributed by atoms with Gasteiger partial charge in [-0.25, -0.2) is 4.98 Å². The number of amides is 1. The third-order valence-electron chi connectivity index (χ3n) is 6.18. The van der Waals surface area contributed by atoms with Gasteiger partial charge in [0.15, 0.2) is 0 Å².